The molecule has 2 rings (SSSR count). The Balaban J connectivity index is 3.67. The Morgan fingerprint density at radius 3 is 0.413 bits per heavy atom. The van der Waals surface area contributed by atoms with Crippen molar-refractivity contribution >= 4 is 137 Å². The summed E-state index contributed by atoms with van der Waals surface area (Å²) >= 11 is 0. The van der Waals surface area contributed by atoms with Crippen LogP contribution in [-0.4, -0.2) is 137 Å². The van der Waals surface area contributed by atoms with Gasteiger partial charge in [-0.3, -0.25) is 0 Å². The molecule has 0 unspecified atom stereocenters. The predicted octanol–water partition coefficient (Wildman–Crippen LogP) is 10.3. The highest BCUT2D eigenvalue weighted by Gasteiger charge is 2.83. The monoisotopic (exact) mass is 1170 g/mol. The van der Waals surface area contributed by atoms with Crippen LogP contribution in [0.2, 0.25) is 196 Å². The Morgan fingerprint density at radius 2 is 0.302 bits per heavy atom. The van der Waals surface area contributed by atoms with E-state index in [9.17, 15) is 0 Å². The molecule has 0 amide bonds. The molecule has 33 heteroatoms. The lowest BCUT2D eigenvalue weighted by Gasteiger charge is -2.55. The van der Waals surface area contributed by atoms with Gasteiger partial charge < -0.3 is 70.0 Å². The van der Waals surface area contributed by atoms with Crippen molar-refractivity contribution in [2.24, 2.45) is 0 Å². The van der Waals surface area contributed by atoms with E-state index in [2.05, 4.69) is 0 Å². The van der Waals surface area contributed by atoms with Gasteiger partial charge in [0.2, 0.25) is 0 Å². The van der Waals surface area contributed by atoms with Gasteiger partial charge in [-0.05, 0) is 196 Å². The van der Waals surface area contributed by atoms with Gasteiger partial charge in [-0.15, -0.1) is 0 Å². The highest BCUT2D eigenvalue weighted by Crippen LogP contribution is 2.47. The van der Waals surface area contributed by atoms with Crippen LogP contribution in [0.1, 0.15) is 0 Å². The molecule has 2 heterocycles. The van der Waals surface area contributed by atoms with E-state index in [1.807, 2.05) is 196 Å². The fourth-order valence-electron chi connectivity index (χ4n) is 5.57. The van der Waals surface area contributed by atoms with Gasteiger partial charge in [0.15, 0.2) is 83.2 Å². The zero-order valence-corrected chi connectivity index (χ0v) is 60.9. The molecule has 0 aromatic rings. The molecule has 2 fully saturated rings. The van der Waals surface area contributed by atoms with E-state index < -0.39 is 137 Å². The van der Waals surface area contributed by atoms with Crippen molar-refractivity contribution in [1.29, 1.82) is 0 Å². The summed E-state index contributed by atoms with van der Waals surface area (Å²) in [7, 11) is -56.4. The van der Waals surface area contributed by atoms with Crippen molar-refractivity contribution in [3.63, 3.8) is 0 Å². The minimum Gasteiger partial charge on any atom is -0.396 e. The molecule has 0 saturated carbocycles. The molecule has 63 heavy (non-hydrogen) atoms. The standard InChI is InChI=1S/C30H90O17Si16/c1-48(2,3)31-58(32-49(4,5)6)41-59(33-50(7,8)9,34-51(10,11)12)44-63(40-57(28,29)30)46-61(37-54(19,20)21,38-55(22,23)24)42-60(35-52(13,14)15,36-53(16,17)18)45-62(43-58,47-63)39-56(25,26)27/h1-30H3. The lowest BCUT2D eigenvalue weighted by Crippen LogP contribution is -2.85. The Hall–Kier alpha value is 2.79. The number of rotatable bonds is 20. The molecule has 17 nitrogen and oxygen atoms in total. The van der Waals surface area contributed by atoms with Crippen LogP contribution in [0.15, 0.2) is 0 Å². The molecule has 0 spiro atoms. The van der Waals surface area contributed by atoms with Crippen LogP contribution in [0.25, 0.3) is 0 Å². The summed E-state index contributed by atoms with van der Waals surface area (Å²) in [4.78, 5) is 0. The summed E-state index contributed by atoms with van der Waals surface area (Å²) in [6.45, 7) is 61.1. The van der Waals surface area contributed by atoms with Crippen molar-refractivity contribution in [1.82, 2.24) is 0 Å². The van der Waals surface area contributed by atoms with Crippen LogP contribution in [0.5, 0.6) is 0 Å². The average molecular weight is 1170 g/mol. The fraction of sp³-hybridized carbons (Fsp3) is 1.00. The summed E-state index contributed by atoms with van der Waals surface area (Å²) in [6.07, 6.45) is 0. The maximum atomic E-state index is 7.67. The van der Waals surface area contributed by atoms with Gasteiger partial charge in [-0.25, -0.2) is 0 Å². The van der Waals surface area contributed by atoms with Crippen LogP contribution in [0.3, 0.4) is 0 Å². The lowest BCUT2D eigenvalue weighted by molar-refractivity contribution is -0.0657. The Bertz CT molecular complexity index is 1270. The van der Waals surface area contributed by atoms with Crippen molar-refractivity contribution in [2.45, 2.75) is 196 Å². The summed E-state index contributed by atoms with van der Waals surface area (Å²) in [6, 6.07) is 0. The Kier molecular flexibility index (Phi) is 19.3. The Labute approximate surface area is 401 Å². The summed E-state index contributed by atoms with van der Waals surface area (Å²) in [5, 5.41) is 0. The molecular weight excluding hydrogens is 1080 g/mol. The van der Waals surface area contributed by atoms with Gasteiger partial charge >= 0.3 is 54.3 Å². The first-order valence-corrected chi connectivity index (χ1v) is 65.8. The first-order valence-electron chi connectivity index (χ1n) is 21.9. The molecule has 0 aromatic heterocycles. The summed E-state index contributed by atoms with van der Waals surface area (Å²) in [5.74, 6) is 0. The first kappa shape index (κ1) is 61.9. The second-order valence-electron chi connectivity index (χ2n) is 25.9. The maximum absolute atomic E-state index is 7.67. The molecule has 2 saturated heterocycles. The molecule has 0 aromatic carbocycles. The van der Waals surface area contributed by atoms with Crippen molar-refractivity contribution < 1.29 is 70.0 Å². The van der Waals surface area contributed by atoms with Gasteiger partial charge in [0.05, 0.1) is 0 Å². The van der Waals surface area contributed by atoms with Crippen molar-refractivity contribution in [2.75, 3.05) is 0 Å². The SMILES string of the molecule is C[Si](C)(C)O[Si]1(O[Si](C)(C)C)O[Si](O[Si](C)(C)C)(O[Si](C)(C)C)O[Si]2(O[Si](C)(C)C)O[Si](O[Si](C)(C)C)(O[Si](C)(C)C)O[Si](O[Si](C)(C)C)(O[Si](C)(C)C)O[Si](O[Si](C)(C)C)(O1)O2. The molecular formula is C30H90O17Si16. The third kappa shape index (κ3) is 23.3. The van der Waals surface area contributed by atoms with Gasteiger partial charge in [-0.1, -0.05) is 0 Å². The van der Waals surface area contributed by atoms with Gasteiger partial charge in [0.1, 0.15) is 0 Å². The van der Waals surface area contributed by atoms with Crippen LogP contribution in [0.4, 0.5) is 0 Å². The highest BCUT2D eigenvalue weighted by atomic mass is 28.6. The fourth-order valence-corrected chi connectivity index (χ4v) is 63.6. The van der Waals surface area contributed by atoms with Gasteiger partial charge in [0, 0.05) is 0 Å². The topological polar surface area (TPSA) is 157 Å². The Morgan fingerprint density at radius 1 is 0.175 bits per heavy atom. The van der Waals surface area contributed by atoms with Gasteiger partial charge in [0.25, 0.3) is 0 Å². The number of hydrogen-bond acceptors (Lipinski definition) is 17. The minimum absolute atomic E-state index is 2.02. The zero-order valence-electron chi connectivity index (χ0n) is 44.9. The molecule has 2 bridgehead atoms. The minimum atomic E-state index is -5.03. The molecule has 0 aliphatic carbocycles. The second-order valence-corrected chi connectivity index (χ2v) is 88.0. The smallest absolute Gasteiger partial charge is 0.396 e. The lowest BCUT2D eigenvalue weighted by atomic mass is 11.8. The third-order valence-electron chi connectivity index (χ3n) is 6.06. The van der Waals surface area contributed by atoms with Crippen molar-refractivity contribution in [3.8, 4) is 0 Å². The molecule has 0 atom stereocenters. The summed E-state index contributed by atoms with van der Waals surface area (Å²) in [5.41, 5.74) is 0. The number of hydrogen-bond donors (Lipinski definition) is 0. The van der Waals surface area contributed by atoms with Crippen LogP contribution in [-0.2, 0) is 70.0 Å². The summed E-state index contributed by atoms with van der Waals surface area (Å²) < 4.78 is 126. The maximum Gasteiger partial charge on any atom is 0.651 e. The van der Waals surface area contributed by atoms with E-state index in [0.29, 0.717) is 0 Å². The van der Waals surface area contributed by atoms with E-state index in [1.54, 1.807) is 0 Å². The normalized spacial score (nSPS) is 25.8. The largest absolute Gasteiger partial charge is 0.651 e. The molecule has 0 N–H and O–H groups in total. The van der Waals surface area contributed by atoms with Crippen LogP contribution < -0.4 is 0 Å². The van der Waals surface area contributed by atoms with E-state index in [-0.39, 0.29) is 0 Å². The van der Waals surface area contributed by atoms with Crippen molar-refractivity contribution in [3.05, 3.63) is 0 Å². The second kappa shape index (κ2) is 19.7. The van der Waals surface area contributed by atoms with E-state index in [1.165, 1.54) is 0 Å². The van der Waals surface area contributed by atoms with Crippen LogP contribution in [0, 0.1) is 0 Å². The van der Waals surface area contributed by atoms with E-state index in [4.69, 9.17) is 70.0 Å². The molecule has 2 aliphatic rings. The quantitative estimate of drug-likeness (QED) is 0.106. The predicted molar refractivity (Wildman–Crippen MR) is 286 cm³/mol. The number of fused-ring (bicyclic) bond motifs is 2. The molecule has 376 valence electrons. The first-order chi connectivity index (χ1) is 27.0. The van der Waals surface area contributed by atoms with Crippen LogP contribution >= 0.6 is 0 Å². The zero-order chi connectivity index (χ0) is 50.0. The van der Waals surface area contributed by atoms with E-state index in [0.717, 1.165) is 0 Å². The third-order valence-corrected chi connectivity index (χ3v) is 54.6. The highest BCUT2D eigenvalue weighted by molar-refractivity contribution is 7.01. The van der Waals surface area contributed by atoms with Gasteiger partial charge in [-0.2, -0.15) is 0 Å². The molecule has 0 radical (unpaired) electrons. The van der Waals surface area contributed by atoms with E-state index >= 15 is 0 Å². The molecule has 2 aliphatic heterocycles. The average Bonchev–Trinajstić information content (AvgIpc) is 2.73.